The number of carbonyl (C=O) groups excluding carboxylic acids is 1. The van der Waals surface area contributed by atoms with E-state index in [1.165, 1.54) is 12.1 Å². The highest BCUT2D eigenvalue weighted by Crippen LogP contribution is 2.56. The van der Waals surface area contributed by atoms with Crippen LogP contribution in [0.5, 0.6) is 11.5 Å². The second-order valence-electron chi connectivity index (χ2n) is 7.90. The number of benzene rings is 1. The van der Waals surface area contributed by atoms with Crippen LogP contribution in [0, 0.1) is 0 Å². The predicted octanol–water partition coefficient (Wildman–Crippen LogP) is -1.27. The van der Waals surface area contributed by atoms with Crippen molar-refractivity contribution in [2.24, 2.45) is 0 Å². The normalized spacial score (nSPS) is 29.2. The lowest BCUT2D eigenvalue weighted by Crippen LogP contribution is -2.59. The Morgan fingerprint density at radius 3 is 2.62 bits per heavy atom. The summed E-state index contributed by atoms with van der Waals surface area (Å²) in [6.07, 6.45) is 0.152. The van der Waals surface area contributed by atoms with Gasteiger partial charge in [-0.3, -0.25) is 4.79 Å². The summed E-state index contributed by atoms with van der Waals surface area (Å²) in [4.78, 5) is 25.7. The fourth-order valence-corrected chi connectivity index (χ4v) is 4.08. The van der Waals surface area contributed by atoms with Gasteiger partial charge in [0.25, 0.3) is 0 Å². The molecule has 4 atom stereocenters. The quantitative estimate of drug-likeness (QED) is 0.303. The molecule has 4 rings (SSSR count). The number of phenols is 1. The van der Waals surface area contributed by atoms with Gasteiger partial charge in [-0.15, -0.1) is 0 Å². The number of rotatable bonds is 7. The molecule has 0 spiro atoms. The van der Waals surface area contributed by atoms with Gasteiger partial charge in [-0.2, -0.15) is 0 Å². The number of aliphatic hydroxyl groups is 1. The highest BCUT2D eigenvalue weighted by atomic mass is 16.5. The Labute approximate surface area is 168 Å². The Morgan fingerprint density at radius 2 is 2.03 bits per heavy atom. The highest BCUT2D eigenvalue weighted by Gasteiger charge is 2.48. The molecule has 1 aromatic rings. The second kappa shape index (κ2) is 7.49. The van der Waals surface area contributed by atoms with Gasteiger partial charge in [0, 0.05) is 12.4 Å². The van der Waals surface area contributed by atoms with Crippen LogP contribution in [0.25, 0.3) is 0 Å². The van der Waals surface area contributed by atoms with Gasteiger partial charge in [-0.05, 0) is 30.4 Å². The fourth-order valence-electron chi connectivity index (χ4n) is 4.08. The number of likely N-dealkylation sites (tertiary alicyclic amines) is 1. The van der Waals surface area contributed by atoms with E-state index in [4.69, 9.17) is 6.17 Å². The standard InChI is InChI=1S/C18H23BN2O8/c22-8-3-13(20-5-8)17(24)21-6-9(7-21)29-14-2-1-10(11-4-12(11)19(27)28)16(23)15(14)18(25)26/h1-2,8-9,11-13,20,22-23,27-28H,3-7H2,(H,25,26)/t8-,11-,12-,13+/m1/s1/i22D. The maximum absolute atomic E-state index is 12.4. The first-order valence-corrected chi connectivity index (χ1v) is 9.56. The number of carboxylic acids is 1. The first-order valence-electron chi connectivity index (χ1n) is 9.97. The lowest BCUT2D eigenvalue weighted by atomic mass is 9.81. The molecule has 1 aromatic carbocycles. The van der Waals surface area contributed by atoms with Gasteiger partial charge in [0.2, 0.25) is 7.34 Å². The van der Waals surface area contributed by atoms with E-state index in [-0.39, 0.29) is 42.3 Å². The highest BCUT2D eigenvalue weighted by molar-refractivity contribution is 6.44. The van der Waals surface area contributed by atoms with E-state index >= 15 is 0 Å². The minimum absolute atomic E-state index is 0.00394. The predicted molar refractivity (Wildman–Crippen MR) is 99.8 cm³/mol. The molecule has 29 heavy (non-hydrogen) atoms. The molecule has 3 aliphatic rings. The Bertz CT molecular complexity index is 850. The van der Waals surface area contributed by atoms with E-state index in [9.17, 15) is 29.9 Å². The zero-order valence-electron chi connectivity index (χ0n) is 16.5. The molecular weight excluding hydrogens is 383 g/mol. The maximum atomic E-state index is 12.4. The van der Waals surface area contributed by atoms with E-state index < -0.39 is 36.8 Å². The van der Waals surface area contributed by atoms with Crippen LogP contribution < -0.4 is 10.1 Å². The third kappa shape index (κ3) is 3.78. The van der Waals surface area contributed by atoms with Crippen LogP contribution in [0.3, 0.4) is 0 Å². The van der Waals surface area contributed by atoms with Crippen LogP contribution in [0.4, 0.5) is 0 Å². The molecule has 1 amide bonds. The lowest BCUT2D eigenvalue weighted by molar-refractivity contribution is -0.142. The van der Waals surface area contributed by atoms with E-state index in [1.807, 2.05) is 0 Å². The van der Waals surface area contributed by atoms with Crippen molar-refractivity contribution in [1.29, 1.82) is 1.43 Å². The molecule has 1 saturated carbocycles. The molecule has 0 bridgehead atoms. The number of nitrogens with zero attached hydrogens (tertiary/aromatic N) is 1. The number of aromatic hydroxyl groups is 1. The van der Waals surface area contributed by atoms with Crippen molar-refractivity contribution in [2.45, 2.75) is 42.8 Å². The number of β-amino-alcohol motifs (C(OH)–C–C–N with tert-alkyl or cyclic N) is 1. The number of hydrogen-bond donors (Lipinski definition) is 6. The van der Waals surface area contributed by atoms with Gasteiger partial charge in [0.15, 0.2) is 0 Å². The Morgan fingerprint density at radius 1 is 1.28 bits per heavy atom. The summed E-state index contributed by atoms with van der Waals surface area (Å²) >= 11 is 0. The summed E-state index contributed by atoms with van der Waals surface area (Å²) < 4.78 is 12.7. The Hall–Kier alpha value is -2.34. The molecule has 11 heteroatoms. The molecule has 2 saturated heterocycles. The van der Waals surface area contributed by atoms with Crippen LogP contribution in [0.15, 0.2) is 12.1 Å². The van der Waals surface area contributed by atoms with Crippen molar-refractivity contribution in [3.63, 3.8) is 0 Å². The lowest BCUT2D eigenvalue weighted by Gasteiger charge is -2.40. The topological polar surface area (TPSA) is 160 Å². The van der Waals surface area contributed by atoms with Gasteiger partial charge in [-0.25, -0.2) is 4.79 Å². The third-order valence-corrected chi connectivity index (χ3v) is 5.85. The van der Waals surface area contributed by atoms with Crippen LogP contribution in [-0.4, -0.2) is 88.6 Å². The zero-order valence-corrected chi connectivity index (χ0v) is 15.5. The minimum Gasteiger partial charge on any atom is -0.507 e. The van der Waals surface area contributed by atoms with E-state index in [1.54, 1.807) is 4.90 Å². The van der Waals surface area contributed by atoms with Crippen LogP contribution in [0.2, 0.25) is 5.82 Å². The van der Waals surface area contributed by atoms with E-state index in [0.717, 1.165) is 0 Å². The molecule has 0 radical (unpaired) electrons. The van der Waals surface area contributed by atoms with E-state index in [0.29, 0.717) is 24.9 Å². The van der Waals surface area contributed by atoms with Gasteiger partial charge in [-0.1, -0.05) is 6.07 Å². The van der Waals surface area contributed by atoms with Gasteiger partial charge >= 0.3 is 13.1 Å². The number of carboxylic acid groups (broad SMARTS) is 1. The molecule has 10 nitrogen and oxygen atoms in total. The summed E-state index contributed by atoms with van der Waals surface area (Å²) in [6.45, 7) is 1.01. The average molecular weight is 407 g/mol. The number of aromatic carboxylic acids is 1. The van der Waals surface area contributed by atoms with Crippen molar-refractivity contribution < 1.29 is 39.7 Å². The monoisotopic (exact) mass is 407 g/mol. The SMILES string of the molecule is [2H]O[C@H]1CN[C@H](C(=O)N2CC(Oc3ccc([C@H]4C[C@H]4B(O)O)c(O)c3C(=O)O)C2)C1. The average Bonchev–Trinajstić information content (AvgIpc) is 3.31. The fraction of sp³-hybridized carbons (Fsp3) is 0.556. The molecule has 3 fully saturated rings. The number of aliphatic hydroxyl groups excluding tert-OH is 1. The molecular formula is C18H23BN2O8. The van der Waals surface area contributed by atoms with Crippen LogP contribution >= 0.6 is 0 Å². The number of hydrogen-bond acceptors (Lipinski definition) is 8. The smallest absolute Gasteiger partial charge is 0.455 e. The number of carbonyl (C=O) groups is 2. The van der Waals surface area contributed by atoms with Gasteiger partial charge in [0.1, 0.15) is 23.2 Å². The number of ether oxygens (including phenoxy) is 1. The van der Waals surface area contributed by atoms with Gasteiger partial charge in [0.05, 0.1) is 25.2 Å². The Balaban J connectivity index is 1.39. The summed E-state index contributed by atoms with van der Waals surface area (Å²) in [5.41, 5.74) is -0.0232. The third-order valence-electron chi connectivity index (χ3n) is 5.85. The van der Waals surface area contributed by atoms with Crippen molar-refractivity contribution in [1.82, 2.24) is 10.2 Å². The molecule has 0 unspecified atom stereocenters. The molecule has 0 aromatic heterocycles. The van der Waals surface area contributed by atoms with E-state index in [2.05, 4.69) is 10.4 Å². The Kier molecular flexibility index (Phi) is 4.82. The molecule has 156 valence electrons. The summed E-state index contributed by atoms with van der Waals surface area (Å²) in [7, 11) is -1.52. The van der Waals surface area contributed by atoms with Gasteiger partial charge < -0.3 is 40.3 Å². The summed E-state index contributed by atoms with van der Waals surface area (Å²) in [5.74, 6) is -2.64. The minimum atomic E-state index is -1.52. The van der Waals surface area contributed by atoms with Crippen molar-refractivity contribution in [2.75, 3.05) is 19.6 Å². The summed E-state index contributed by atoms with van der Waals surface area (Å²) in [6, 6.07) is 2.58. The zero-order chi connectivity index (χ0) is 21.6. The summed E-state index contributed by atoms with van der Waals surface area (Å²) in [5, 5.41) is 46.1. The van der Waals surface area contributed by atoms with Crippen LogP contribution in [0.1, 0.15) is 34.7 Å². The molecule has 1 aliphatic carbocycles. The van der Waals surface area contributed by atoms with Crippen molar-refractivity contribution in [3.8, 4) is 11.5 Å². The maximum Gasteiger partial charge on any atom is 0.455 e. The first-order chi connectivity index (χ1) is 14.3. The largest absolute Gasteiger partial charge is 0.507 e. The molecule has 2 aliphatic heterocycles. The van der Waals surface area contributed by atoms with Crippen molar-refractivity contribution in [3.05, 3.63) is 23.3 Å². The number of amides is 1. The van der Waals surface area contributed by atoms with Crippen LogP contribution in [-0.2, 0) is 4.79 Å². The first kappa shape index (κ1) is 18.7. The molecule has 2 heterocycles. The number of nitrogens with one attached hydrogen (secondary N) is 1. The van der Waals surface area contributed by atoms with Crippen molar-refractivity contribution >= 4 is 19.0 Å². The molecule has 6 N–H and O–H groups in total. The second-order valence-corrected chi connectivity index (χ2v) is 7.90.